The molecule has 2 aliphatic rings. The maximum absolute atomic E-state index is 12.1. The van der Waals surface area contributed by atoms with Gasteiger partial charge in [0.15, 0.2) is 0 Å². The third kappa shape index (κ3) is 3.67. The van der Waals surface area contributed by atoms with Gasteiger partial charge in [0.05, 0.1) is 13.2 Å². The van der Waals surface area contributed by atoms with Crippen LogP contribution in [0.15, 0.2) is 0 Å². The number of hydrogen-bond acceptors (Lipinski definition) is 4. The van der Waals surface area contributed by atoms with Gasteiger partial charge < -0.3 is 10.1 Å². The van der Waals surface area contributed by atoms with Crippen LogP contribution in [0.5, 0.6) is 0 Å². The monoisotopic (exact) mass is 255 g/mol. The van der Waals surface area contributed by atoms with E-state index in [9.17, 15) is 4.79 Å². The van der Waals surface area contributed by atoms with Crippen molar-refractivity contribution in [1.82, 2.24) is 15.8 Å². The number of hydrazine groups is 1. The van der Waals surface area contributed by atoms with Gasteiger partial charge in [0.25, 0.3) is 0 Å². The average molecular weight is 255 g/mol. The molecule has 18 heavy (non-hydrogen) atoms. The van der Waals surface area contributed by atoms with Crippen LogP contribution in [0.2, 0.25) is 0 Å². The lowest BCUT2D eigenvalue weighted by Crippen LogP contribution is -2.53. The van der Waals surface area contributed by atoms with Gasteiger partial charge >= 0.3 is 0 Å². The molecule has 0 aromatic rings. The number of nitrogens with zero attached hydrogens (tertiary/aromatic N) is 1. The molecule has 1 aliphatic heterocycles. The van der Waals surface area contributed by atoms with Crippen LogP contribution in [-0.4, -0.2) is 49.8 Å². The molecule has 2 rings (SSSR count). The van der Waals surface area contributed by atoms with Gasteiger partial charge in [-0.1, -0.05) is 19.3 Å². The number of morpholine rings is 1. The van der Waals surface area contributed by atoms with E-state index in [4.69, 9.17) is 4.74 Å². The van der Waals surface area contributed by atoms with E-state index >= 15 is 0 Å². The maximum atomic E-state index is 12.1. The predicted octanol–water partition coefficient (Wildman–Crippen LogP) is 0.662. The van der Waals surface area contributed by atoms with Gasteiger partial charge in [-0.15, -0.1) is 0 Å². The molecule has 1 saturated carbocycles. The van der Waals surface area contributed by atoms with Crippen molar-refractivity contribution in [3.8, 4) is 0 Å². The maximum Gasteiger partial charge on any atom is 0.236 e. The summed E-state index contributed by atoms with van der Waals surface area (Å²) in [4.78, 5) is 12.1. The molecule has 0 unspecified atom stereocenters. The molecule has 0 radical (unpaired) electrons. The Bertz CT molecular complexity index is 271. The van der Waals surface area contributed by atoms with E-state index in [1.165, 1.54) is 19.3 Å². The molecule has 0 bridgehead atoms. The van der Waals surface area contributed by atoms with Gasteiger partial charge in [0, 0.05) is 25.0 Å². The van der Waals surface area contributed by atoms with Crippen molar-refractivity contribution >= 4 is 5.91 Å². The standard InChI is InChI=1S/C13H25N3O2/c1-14-13(5-3-2-4-6-13)11-12(17)15-16-7-9-18-10-8-16/h14H,2-11H2,1H3,(H,15,17). The molecule has 104 valence electrons. The Morgan fingerprint density at radius 1 is 1.22 bits per heavy atom. The van der Waals surface area contributed by atoms with E-state index < -0.39 is 0 Å². The topological polar surface area (TPSA) is 53.6 Å². The first-order valence-corrected chi connectivity index (χ1v) is 7.05. The second-order valence-corrected chi connectivity index (χ2v) is 5.40. The van der Waals surface area contributed by atoms with Crippen LogP contribution < -0.4 is 10.7 Å². The molecule has 5 nitrogen and oxygen atoms in total. The highest BCUT2D eigenvalue weighted by atomic mass is 16.5. The van der Waals surface area contributed by atoms with Gasteiger partial charge in [-0.05, 0) is 19.9 Å². The third-order valence-electron chi connectivity index (χ3n) is 4.13. The number of carbonyl (C=O) groups excluding carboxylic acids is 1. The minimum Gasteiger partial charge on any atom is -0.379 e. The molecule has 2 fully saturated rings. The predicted molar refractivity (Wildman–Crippen MR) is 70.0 cm³/mol. The van der Waals surface area contributed by atoms with Crippen molar-refractivity contribution < 1.29 is 9.53 Å². The molecular formula is C13H25N3O2. The van der Waals surface area contributed by atoms with Crippen LogP contribution in [0.4, 0.5) is 0 Å². The minimum atomic E-state index is 0.0224. The van der Waals surface area contributed by atoms with Crippen molar-refractivity contribution in [2.75, 3.05) is 33.4 Å². The molecule has 2 N–H and O–H groups in total. The first kappa shape index (κ1) is 13.8. The fraction of sp³-hybridized carbons (Fsp3) is 0.923. The van der Waals surface area contributed by atoms with E-state index in [1.54, 1.807) is 0 Å². The first-order chi connectivity index (χ1) is 8.74. The fourth-order valence-electron chi connectivity index (χ4n) is 2.94. The molecule has 0 spiro atoms. The van der Waals surface area contributed by atoms with E-state index in [0.29, 0.717) is 19.6 Å². The molecule has 1 amide bonds. The van der Waals surface area contributed by atoms with E-state index in [1.807, 2.05) is 12.1 Å². The highest BCUT2D eigenvalue weighted by Gasteiger charge is 2.33. The Kier molecular flexibility index (Phi) is 4.97. The summed E-state index contributed by atoms with van der Waals surface area (Å²) in [6, 6.07) is 0. The van der Waals surface area contributed by atoms with Gasteiger partial charge in [-0.3, -0.25) is 10.2 Å². The Balaban J connectivity index is 1.81. The zero-order chi connectivity index (χ0) is 12.8. The number of nitrogens with one attached hydrogen (secondary N) is 2. The summed E-state index contributed by atoms with van der Waals surface area (Å²) in [6.07, 6.45) is 6.56. The Morgan fingerprint density at radius 2 is 1.89 bits per heavy atom. The van der Waals surface area contributed by atoms with Crippen LogP contribution in [0.3, 0.4) is 0 Å². The summed E-state index contributed by atoms with van der Waals surface area (Å²) < 4.78 is 5.27. The van der Waals surface area contributed by atoms with Crippen LogP contribution in [-0.2, 0) is 9.53 Å². The molecule has 1 saturated heterocycles. The third-order valence-corrected chi connectivity index (χ3v) is 4.13. The molecular weight excluding hydrogens is 230 g/mol. The summed E-state index contributed by atoms with van der Waals surface area (Å²) in [6.45, 7) is 2.99. The largest absolute Gasteiger partial charge is 0.379 e. The second kappa shape index (κ2) is 6.50. The number of carbonyl (C=O) groups is 1. The summed E-state index contributed by atoms with van der Waals surface area (Å²) in [5, 5.41) is 5.35. The Morgan fingerprint density at radius 3 is 2.50 bits per heavy atom. The zero-order valence-electron chi connectivity index (χ0n) is 11.3. The first-order valence-electron chi connectivity index (χ1n) is 7.05. The molecule has 0 aromatic carbocycles. The van der Waals surface area contributed by atoms with Crippen LogP contribution in [0.25, 0.3) is 0 Å². The number of rotatable bonds is 4. The normalized spacial score (nSPS) is 24.7. The molecule has 1 heterocycles. The summed E-state index contributed by atoms with van der Waals surface area (Å²) in [7, 11) is 1.98. The molecule has 0 atom stereocenters. The molecule has 0 aromatic heterocycles. The van der Waals surface area contributed by atoms with Gasteiger partial charge in [-0.2, -0.15) is 0 Å². The van der Waals surface area contributed by atoms with Gasteiger partial charge in [0.1, 0.15) is 0 Å². The molecule has 5 heteroatoms. The summed E-state index contributed by atoms with van der Waals surface area (Å²) >= 11 is 0. The number of amides is 1. The van der Waals surface area contributed by atoms with Crippen molar-refractivity contribution in [1.29, 1.82) is 0 Å². The lowest BCUT2D eigenvalue weighted by molar-refractivity contribution is -0.129. The van der Waals surface area contributed by atoms with Crippen molar-refractivity contribution in [3.63, 3.8) is 0 Å². The van der Waals surface area contributed by atoms with Gasteiger partial charge in [0.2, 0.25) is 5.91 Å². The lowest BCUT2D eigenvalue weighted by Gasteiger charge is -2.37. The average Bonchev–Trinajstić information content (AvgIpc) is 2.41. The van der Waals surface area contributed by atoms with Crippen LogP contribution in [0.1, 0.15) is 38.5 Å². The quantitative estimate of drug-likeness (QED) is 0.775. The Hall–Kier alpha value is -0.650. The number of hydrogen-bond donors (Lipinski definition) is 2. The lowest BCUT2D eigenvalue weighted by atomic mass is 9.79. The molecule has 1 aliphatic carbocycles. The van der Waals surface area contributed by atoms with Crippen LogP contribution in [0, 0.1) is 0 Å². The Labute approximate surface area is 109 Å². The minimum absolute atomic E-state index is 0.0224. The SMILES string of the molecule is CNC1(CC(=O)NN2CCOCC2)CCCCC1. The van der Waals surface area contributed by atoms with Crippen molar-refractivity contribution in [3.05, 3.63) is 0 Å². The summed E-state index contributed by atoms with van der Waals surface area (Å²) in [5.74, 6) is 0.133. The number of ether oxygens (including phenoxy) is 1. The van der Waals surface area contributed by atoms with E-state index in [0.717, 1.165) is 25.9 Å². The van der Waals surface area contributed by atoms with E-state index in [2.05, 4.69) is 10.7 Å². The fourth-order valence-corrected chi connectivity index (χ4v) is 2.94. The summed E-state index contributed by atoms with van der Waals surface area (Å²) in [5.41, 5.74) is 3.02. The second-order valence-electron chi connectivity index (χ2n) is 5.40. The highest BCUT2D eigenvalue weighted by molar-refractivity contribution is 5.76. The van der Waals surface area contributed by atoms with Crippen LogP contribution >= 0.6 is 0 Å². The smallest absolute Gasteiger partial charge is 0.236 e. The highest BCUT2D eigenvalue weighted by Crippen LogP contribution is 2.30. The van der Waals surface area contributed by atoms with Crippen molar-refractivity contribution in [2.45, 2.75) is 44.1 Å². The van der Waals surface area contributed by atoms with E-state index in [-0.39, 0.29) is 11.4 Å². The zero-order valence-corrected chi connectivity index (χ0v) is 11.3. The van der Waals surface area contributed by atoms with Gasteiger partial charge in [-0.25, -0.2) is 5.01 Å². The van der Waals surface area contributed by atoms with Crippen molar-refractivity contribution in [2.24, 2.45) is 0 Å².